The molecule has 0 unspecified atom stereocenters. The van der Waals surface area contributed by atoms with Crippen molar-refractivity contribution in [1.82, 2.24) is 4.90 Å². The Bertz CT molecular complexity index is 1430. The molecule has 0 saturated carbocycles. The Labute approximate surface area is 194 Å². The fraction of sp³-hybridized carbons (Fsp3) is 0.160. The summed E-state index contributed by atoms with van der Waals surface area (Å²) < 4.78 is 1.14. The standard InChI is InChI=1S/C25H20N4OS2/c1-25(21-11-17(13-32-21)16-7-5-6-15(10-16)12-26)22(23(30)29(2)24(27)28-25)19-14-31-20-9-4-3-8-18(19)20/h3-11,13-14,22H,1-2H3,(H2,27,28)/t22-,25-/m1/s1. The van der Waals surface area contributed by atoms with Crippen LogP contribution in [0.2, 0.25) is 0 Å². The van der Waals surface area contributed by atoms with Crippen molar-refractivity contribution < 1.29 is 4.79 Å². The minimum absolute atomic E-state index is 0.0648. The van der Waals surface area contributed by atoms with Gasteiger partial charge in [-0.05, 0) is 64.0 Å². The number of aliphatic imine (C=N–C) groups is 1. The number of likely N-dealkylation sites (N-methyl/N-ethyl adjacent to an activating group) is 1. The maximum Gasteiger partial charge on any atom is 0.239 e. The second-order valence-corrected chi connectivity index (χ2v) is 9.85. The summed E-state index contributed by atoms with van der Waals surface area (Å²) in [5.74, 6) is -0.340. The smallest absolute Gasteiger partial charge is 0.239 e. The molecule has 0 radical (unpaired) electrons. The van der Waals surface area contributed by atoms with Gasteiger partial charge in [0.1, 0.15) is 5.54 Å². The SMILES string of the molecule is CN1C(=O)[C@@H](c2csc3ccccc23)[C@@](C)(c2cc(-c3cccc(C#N)c3)cs2)N=C1N. The number of amides is 1. The van der Waals surface area contributed by atoms with Crippen LogP contribution < -0.4 is 5.73 Å². The van der Waals surface area contributed by atoms with Crippen molar-refractivity contribution in [1.29, 1.82) is 5.26 Å². The molecule has 5 nitrogen and oxygen atoms in total. The van der Waals surface area contributed by atoms with Crippen LogP contribution in [0.15, 0.2) is 70.3 Å². The summed E-state index contributed by atoms with van der Waals surface area (Å²) in [6.45, 7) is 1.99. The molecule has 5 rings (SSSR count). The lowest BCUT2D eigenvalue weighted by Crippen LogP contribution is -2.52. The number of benzene rings is 2. The number of hydrogen-bond donors (Lipinski definition) is 1. The third kappa shape index (κ3) is 3.11. The molecule has 0 bridgehead atoms. The summed E-state index contributed by atoms with van der Waals surface area (Å²) in [6.07, 6.45) is 0. The molecule has 2 N–H and O–H groups in total. The molecule has 1 aliphatic rings. The number of nitrogens with zero attached hydrogens (tertiary/aromatic N) is 3. The highest BCUT2D eigenvalue weighted by atomic mass is 32.1. The van der Waals surface area contributed by atoms with E-state index in [1.54, 1.807) is 35.8 Å². The molecule has 2 aromatic carbocycles. The van der Waals surface area contributed by atoms with Gasteiger partial charge in [0, 0.05) is 16.6 Å². The third-order valence-corrected chi connectivity index (χ3v) is 8.21. The fourth-order valence-corrected chi connectivity index (χ4v) is 6.34. The van der Waals surface area contributed by atoms with Crippen LogP contribution in [0.3, 0.4) is 0 Å². The number of guanidine groups is 1. The number of carbonyl (C=O) groups excluding carboxylic acids is 1. The van der Waals surface area contributed by atoms with Gasteiger partial charge in [-0.25, -0.2) is 4.99 Å². The maximum atomic E-state index is 13.6. The highest BCUT2D eigenvalue weighted by molar-refractivity contribution is 7.17. The lowest BCUT2D eigenvalue weighted by atomic mass is 9.77. The average Bonchev–Trinajstić information content (AvgIpc) is 3.46. The van der Waals surface area contributed by atoms with E-state index in [1.165, 1.54) is 4.90 Å². The van der Waals surface area contributed by atoms with E-state index < -0.39 is 11.5 Å². The molecular weight excluding hydrogens is 436 g/mol. The first kappa shape index (κ1) is 20.4. The highest BCUT2D eigenvalue weighted by Crippen LogP contribution is 2.49. The molecule has 4 aromatic rings. The Balaban J connectivity index is 1.67. The Morgan fingerprint density at radius 1 is 1.09 bits per heavy atom. The topological polar surface area (TPSA) is 82.5 Å². The summed E-state index contributed by atoms with van der Waals surface area (Å²) in [5, 5.41) is 14.4. The molecule has 0 saturated heterocycles. The van der Waals surface area contributed by atoms with Gasteiger partial charge < -0.3 is 5.73 Å². The third-order valence-electron chi connectivity index (χ3n) is 6.08. The van der Waals surface area contributed by atoms with Crippen LogP contribution in [0.1, 0.15) is 28.8 Å². The zero-order chi connectivity index (χ0) is 22.5. The number of nitrogens with two attached hydrogens (primary N) is 1. The quantitative estimate of drug-likeness (QED) is 0.455. The number of hydrogen-bond acceptors (Lipinski definition) is 6. The monoisotopic (exact) mass is 456 g/mol. The summed E-state index contributed by atoms with van der Waals surface area (Å²) in [6, 6.07) is 19.9. The van der Waals surface area contributed by atoms with Gasteiger partial charge >= 0.3 is 0 Å². The normalized spacial score (nSPS) is 20.9. The van der Waals surface area contributed by atoms with Gasteiger partial charge in [-0.3, -0.25) is 9.69 Å². The Morgan fingerprint density at radius 2 is 1.91 bits per heavy atom. The van der Waals surface area contributed by atoms with E-state index in [9.17, 15) is 10.1 Å². The molecular formula is C25H20N4OS2. The molecule has 1 amide bonds. The van der Waals surface area contributed by atoms with Gasteiger partial charge in [-0.15, -0.1) is 22.7 Å². The second kappa shape index (κ2) is 7.59. The lowest BCUT2D eigenvalue weighted by molar-refractivity contribution is -0.130. The molecule has 1 aliphatic heterocycles. The van der Waals surface area contributed by atoms with Gasteiger partial charge in [0.15, 0.2) is 5.96 Å². The molecule has 2 aromatic heterocycles. The van der Waals surface area contributed by atoms with E-state index >= 15 is 0 Å². The van der Waals surface area contributed by atoms with E-state index in [4.69, 9.17) is 10.7 Å². The summed E-state index contributed by atoms with van der Waals surface area (Å²) in [5.41, 5.74) is 8.90. The number of rotatable bonds is 3. The number of carbonyl (C=O) groups is 1. The van der Waals surface area contributed by atoms with Crippen LogP contribution in [-0.2, 0) is 10.3 Å². The van der Waals surface area contributed by atoms with Gasteiger partial charge in [-0.2, -0.15) is 5.26 Å². The van der Waals surface area contributed by atoms with Crippen molar-refractivity contribution in [2.75, 3.05) is 7.05 Å². The first-order chi connectivity index (χ1) is 15.4. The number of thiophene rings is 2. The fourth-order valence-electron chi connectivity index (χ4n) is 4.30. The number of nitriles is 1. The van der Waals surface area contributed by atoms with E-state index in [2.05, 4.69) is 29.6 Å². The van der Waals surface area contributed by atoms with Crippen LogP contribution in [0.5, 0.6) is 0 Å². The molecule has 3 heterocycles. The first-order valence-electron chi connectivity index (χ1n) is 10.1. The second-order valence-electron chi connectivity index (χ2n) is 8.03. The predicted molar refractivity (Wildman–Crippen MR) is 131 cm³/mol. The van der Waals surface area contributed by atoms with Crippen molar-refractivity contribution in [2.45, 2.75) is 18.4 Å². The van der Waals surface area contributed by atoms with E-state index in [0.717, 1.165) is 31.7 Å². The van der Waals surface area contributed by atoms with Gasteiger partial charge in [0.25, 0.3) is 0 Å². The van der Waals surface area contributed by atoms with Gasteiger partial charge in [0.2, 0.25) is 5.91 Å². The Kier molecular flexibility index (Phi) is 4.85. The van der Waals surface area contributed by atoms with E-state index in [0.29, 0.717) is 5.56 Å². The van der Waals surface area contributed by atoms with Crippen molar-refractivity contribution in [3.05, 3.63) is 81.4 Å². The first-order valence-corrected chi connectivity index (χ1v) is 11.9. The van der Waals surface area contributed by atoms with E-state index in [-0.39, 0.29) is 11.9 Å². The minimum Gasteiger partial charge on any atom is -0.369 e. The van der Waals surface area contributed by atoms with Gasteiger partial charge in [-0.1, -0.05) is 30.3 Å². The summed E-state index contributed by atoms with van der Waals surface area (Å²) >= 11 is 3.20. The summed E-state index contributed by atoms with van der Waals surface area (Å²) in [7, 11) is 1.68. The predicted octanol–water partition coefficient (Wildman–Crippen LogP) is 5.29. The van der Waals surface area contributed by atoms with Crippen LogP contribution in [-0.4, -0.2) is 23.8 Å². The molecule has 7 heteroatoms. The molecule has 0 aliphatic carbocycles. The molecule has 0 spiro atoms. The zero-order valence-corrected chi connectivity index (χ0v) is 19.2. The number of fused-ring (bicyclic) bond motifs is 1. The highest BCUT2D eigenvalue weighted by Gasteiger charge is 2.48. The summed E-state index contributed by atoms with van der Waals surface area (Å²) in [4.78, 5) is 20.8. The van der Waals surface area contributed by atoms with Crippen LogP contribution in [0, 0.1) is 11.3 Å². The van der Waals surface area contributed by atoms with Crippen molar-refractivity contribution in [3.63, 3.8) is 0 Å². The average molecular weight is 457 g/mol. The van der Waals surface area contributed by atoms with Crippen molar-refractivity contribution >= 4 is 44.6 Å². The van der Waals surface area contributed by atoms with Crippen molar-refractivity contribution in [3.8, 4) is 17.2 Å². The van der Waals surface area contributed by atoms with Gasteiger partial charge in [0.05, 0.1) is 17.6 Å². The maximum absolute atomic E-state index is 13.6. The van der Waals surface area contributed by atoms with E-state index in [1.807, 2.05) is 42.6 Å². The Morgan fingerprint density at radius 3 is 2.72 bits per heavy atom. The molecule has 158 valence electrons. The minimum atomic E-state index is -0.840. The molecule has 2 atom stereocenters. The van der Waals surface area contributed by atoms with Crippen molar-refractivity contribution in [2.24, 2.45) is 10.7 Å². The van der Waals surface area contributed by atoms with Crippen LogP contribution in [0.25, 0.3) is 21.2 Å². The largest absolute Gasteiger partial charge is 0.369 e. The van der Waals surface area contributed by atoms with Crippen LogP contribution in [0.4, 0.5) is 0 Å². The molecule has 32 heavy (non-hydrogen) atoms. The zero-order valence-electron chi connectivity index (χ0n) is 17.6. The lowest BCUT2D eigenvalue weighted by Gasteiger charge is -2.39. The Hall–Kier alpha value is -3.47. The van der Waals surface area contributed by atoms with Crippen LogP contribution >= 0.6 is 22.7 Å². The molecule has 0 fully saturated rings.